The Bertz CT molecular complexity index is 757. The lowest BCUT2D eigenvalue weighted by molar-refractivity contribution is -0.386. The second-order valence-corrected chi connectivity index (χ2v) is 14.4. The number of hydrogen-bond donors (Lipinski definition) is 0. The van der Waals surface area contributed by atoms with Crippen LogP contribution in [0.5, 0.6) is 11.5 Å². The Morgan fingerprint density at radius 1 is 1.16 bits per heavy atom. The number of unbranched alkanes of at least 4 members (excludes halogenated alkanes) is 2. The van der Waals surface area contributed by atoms with Crippen LogP contribution in [-0.4, -0.2) is 32.6 Å². The summed E-state index contributed by atoms with van der Waals surface area (Å²) in [5.74, 6) is 0.719. The molecule has 1 unspecified atom stereocenters. The van der Waals surface area contributed by atoms with E-state index in [1.807, 2.05) is 6.08 Å². The fourth-order valence-electron chi connectivity index (χ4n) is 3.15. The zero-order chi connectivity index (χ0) is 24.4. The number of ether oxygens (including phenoxy) is 2. The van der Waals surface area contributed by atoms with E-state index in [0.717, 1.165) is 38.5 Å². The summed E-state index contributed by atoms with van der Waals surface area (Å²) in [6.07, 6.45) is 9.18. The van der Waals surface area contributed by atoms with Gasteiger partial charge in [0, 0.05) is 18.2 Å². The standard InChI is InChI=1S/C25H41NO5Si/c1-9-14-21(31-32(7,8)25(3,4)5)16-13-11-12-15-20(10-2)30-24-19-22(29-6)17-18-23(24)26(27)28/h9-10,17-21H,1-2,11-16H2,3-8H3/t20?,21-/m1/s1. The third-order valence-corrected chi connectivity index (χ3v) is 10.7. The van der Waals surface area contributed by atoms with Crippen molar-refractivity contribution in [2.45, 2.75) is 89.6 Å². The molecule has 0 spiro atoms. The van der Waals surface area contributed by atoms with Crippen LogP contribution in [0.1, 0.15) is 59.3 Å². The minimum absolute atomic E-state index is 0.0762. The summed E-state index contributed by atoms with van der Waals surface area (Å²) in [5.41, 5.74) is -0.0762. The van der Waals surface area contributed by atoms with Gasteiger partial charge in [-0.1, -0.05) is 52.3 Å². The molecule has 6 nitrogen and oxygen atoms in total. The number of nitro benzene ring substituents is 1. The van der Waals surface area contributed by atoms with Gasteiger partial charge in [-0.25, -0.2) is 0 Å². The van der Waals surface area contributed by atoms with Crippen molar-refractivity contribution in [1.82, 2.24) is 0 Å². The lowest BCUT2D eigenvalue weighted by Crippen LogP contribution is -2.43. The average molecular weight is 464 g/mol. The van der Waals surface area contributed by atoms with Crippen molar-refractivity contribution in [3.05, 3.63) is 53.6 Å². The normalized spacial score (nSPS) is 13.8. The van der Waals surface area contributed by atoms with Crippen LogP contribution >= 0.6 is 0 Å². The van der Waals surface area contributed by atoms with Crippen molar-refractivity contribution < 1.29 is 18.8 Å². The molecule has 2 atom stereocenters. The highest BCUT2D eigenvalue weighted by atomic mass is 28.4. The van der Waals surface area contributed by atoms with Crippen molar-refractivity contribution >= 4 is 14.0 Å². The lowest BCUT2D eigenvalue weighted by atomic mass is 10.1. The van der Waals surface area contributed by atoms with Gasteiger partial charge < -0.3 is 13.9 Å². The quantitative estimate of drug-likeness (QED) is 0.0887. The lowest BCUT2D eigenvalue weighted by Gasteiger charge is -2.39. The minimum Gasteiger partial charge on any atom is -0.497 e. The fourth-order valence-corrected chi connectivity index (χ4v) is 4.55. The predicted molar refractivity (Wildman–Crippen MR) is 134 cm³/mol. The van der Waals surface area contributed by atoms with E-state index in [1.54, 1.807) is 18.2 Å². The van der Waals surface area contributed by atoms with Gasteiger partial charge in [-0.2, -0.15) is 0 Å². The molecule has 180 valence electrons. The second-order valence-electron chi connectivity index (χ2n) is 9.65. The van der Waals surface area contributed by atoms with E-state index in [9.17, 15) is 10.1 Å². The summed E-state index contributed by atoms with van der Waals surface area (Å²) in [7, 11) is -0.291. The molecule has 0 radical (unpaired) electrons. The first-order valence-electron chi connectivity index (χ1n) is 11.4. The molecule has 0 saturated heterocycles. The number of benzene rings is 1. The van der Waals surface area contributed by atoms with Crippen LogP contribution in [-0.2, 0) is 4.43 Å². The summed E-state index contributed by atoms with van der Waals surface area (Å²) >= 11 is 0. The molecule has 32 heavy (non-hydrogen) atoms. The molecule has 0 aliphatic rings. The molecule has 1 rings (SSSR count). The van der Waals surface area contributed by atoms with Crippen LogP contribution in [0.4, 0.5) is 5.69 Å². The maximum Gasteiger partial charge on any atom is 0.311 e. The molecule has 0 saturated carbocycles. The monoisotopic (exact) mass is 463 g/mol. The van der Waals surface area contributed by atoms with E-state index in [-0.39, 0.29) is 28.7 Å². The highest BCUT2D eigenvalue weighted by molar-refractivity contribution is 6.74. The number of rotatable bonds is 15. The first-order chi connectivity index (χ1) is 14.9. The summed E-state index contributed by atoms with van der Waals surface area (Å²) < 4.78 is 17.6. The predicted octanol–water partition coefficient (Wildman–Crippen LogP) is 7.45. The van der Waals surface area contributed by atoms with Crippen molar-refractivity contribution in [2.24, 2.45) is 0 Å². The van der Waals surface area contributed by atoms with Gasteiger partial charge in [-0.05, 0) is 49.9 Å². The Morgan fingerprint density at radius 3 is 2.34 bits per heavy atom. The van der Waals surface area contributed by atoms with Crippen LogP contribution in [0, 0.1) is 10.1 Å². The zero-order valence-electron chi connectivity index (χ0n) is 20.7. The average Bonchev–Trinajstić information content (AvgIpc) is 2.71. The molecule has 0 fully saturated rings. The van der Waals surface area contributed by atoms with E-state index in [2.05, 4.69) is 47.0 Å². The van der Waals surface area contributed by atoms with E-state index < -0.39 is 13.2 Å². The first kappa shape index (κ1) is 27.9. The Morgan fingerprint density at radius 2 is 1.81 bits per heavy atom. The van der Waals surface area contributed by atoms with Crippen molar-refractivity contribution in [3.8, 4) is 11.5 Å². The van der Waals surface area contributed by atoms with Gasteiger partial charge in [0.2, 0.25) is 5.75 Å². The fraction of sp³-hybridized carbons (Fsp3) is 0.600. The molecule has 0 bridgehead atoms. The van der Waals surface area contributed by atoms with Gasteiger partial charge in [0.25, 0.3) is 0 Å². The van der Waals surface area contributed by atoms with E-state index in [1.165, 1.54) is 13.2 Å². The maximum absolute atomic E-state index is 11.3. The largest absolute Gasteiger partial charge is 0.497 e. The molecule has 0 amide bonds. The third kappa shape index (κ3) is 8.79. The molecule has 1 aromatic rings. The number of nitrogens with zero attached hydrogens (tertiary/aromatic N) is 1. The molecule has 0 aromatic heterocycles. The summed E-state index contributed by atoms with van der Waals surface area (Å²) in [6.45, 7) is 19.1. The van der Waals surface area contributed by atoms with Crippen LogP contribution in [0.25, 0.3) is 0 Å². The molecule has 1 aromatic carbocycles. The van der Waals surface area contributed by atoms with Gasteiger partial charge in [0.05, 0.1) is 12.0 Å². The smallest absolute Gasteiger partial charge is 0.311 e. The molecular formula is C25H41NO5Si. The van der Waals surface area contributed by atoms with E-state index >= 15 is 0 Å². The van der Waals surface area contributed by atoms with Crippen LogP contribution in [0.3, 0.4) is 0 Å². The number of hydrogen-bond acceptors (Lipinski definition) is 5. The molecule has 0 aliphatic carbocycles. The van der Waals surface area contributed by atoms with Crippen molar-refractivity contribution in [1.29, 1.82) is 0 Å². The molecule has 0 N–H and O–H groups in total. The van der Waals surface area contributed by atoms with E-state index in [0.29, 0.717) is 5.75 Å². The molecular weight excluding hydrogens is 422 g/mol. The van der Waals surface area contributed by atoms with Crippen LogP contribution < -0.4 is 9.47 Å². The Balaban J connectivity index is 2.58. The zero-order valence-corrected chi connectivity index (χ0v) is 21.7. The van der Waals surface area contributed by atoms with Gasteiger partial charge in [-0.15, -0.1) is 6.58 Å². The van der Waals surface area contributed by atoms with Gasteiger partial charge >= 0.3 is 5.69 Å². The third-order valence-electron chi connectivity index (χ3n) is 6.12. The Hall–Kier alpha value is -2.12. The highest BCUT2D eigenvalue weighted by Crippen LogP contribution is 2.38. The van der Waals surface area contributed by atoms with Gasteiger partial charge in [0.1, 0.15) is 11.9 Å². The number of methoxy groups -OCH3 is 1. The molecule has 0 heterocycles. The highest BCUT2D eigenvalue weighted by Gasteiger charge is 2.38. The SMILES string of the molecule is C=CC[C@H](CCCCCC(C=C)Oc1cc(OC)ccc1[N+](=O)[O-])O[Si](C)(C)C(C)(C)C. The van der Waals surface area contributed by atoms with Crippen molar-refractivity contribution in [2.75, 3.05) is 7.11 Å². The van der Waals surface area contributed by atoms with Crippen molar-refractivity contribution in [3.63, 3.8) is 0 Å². The summed E-state index contributed by atoms with van der Waals surface area (Å²) in [4.78, 5) is 10.9. The minimum atomic E-state index is -1.81. The topological polar surface area (TPSA) is 70.8 Å². The van der Waals surface area contributed by atoms with E-state index in [4.69, 9.17) is 13.9 Å². The number of nitro groups is 1. The molecule has 0 aliphatic heterocycles. The Labute approximate surface area is 194 Å². The van der Waals surface area contributed by atoms with Crippen LogP contribution in [0.2, 0.25) is 18.1 Å². The molecule has 7 heteroatoms. The van der Waals surface area contributed by atoms with Gasteiger partial charge in [-0.3, -0.25) is 10.1 Å². The first-order valence-corrected chi connectivity index (χ1v) is 14.3. The second kappa shape index (κ2) is 12.8. The summed E-state index contributed by atoms with van der Waals surface area (Å²) in [6, 6.07) is 4.50. The van der Waals surface area contributed by atoms with Gasteiger partial charge in [0.15, 0.2) is 8.32 Å². The maximum atomic E-state index is 11.3. The summed E-state index contributed by atoms with van der Waals surface area (Å²) in [5, 5.41) is 11.5. The Kier molecular flexibility index (Phi) is 11.2. The van der Waals surface area contributed by atoms with Crippen LogP contribution in [0.15, 0.2) is 43.5 Å².